The lowest BCUT2D eigenvalue weighted by Gasteiger charge is -1.92. The smallest absolute Gasteiger partial charge is 0.347 e. The first-order valence-electron chi connectivity index (χ1n) is 4.99. The number of aromatic carboxylic acids is 1. The van der Waals surface area contributed by atoms with Crippen molar-refractivity contribution in [3.63, 3.8) is 0 Å². The van der Waals surface area contributed by atoms with Gasteiger partial charge in [-0.15, -0.1) is 11.3 Å². The Bertz CT molecular complexity index is 487. The predicted molar refractivity (Wildman–Crippen MR) is 60.8 cm³/mol. The van der Waals surface area contributed by atoms with Crippen LogP contribution < -0.4 is 0 Å². The van der Waals surface area contributed by atoms with E-state index in [4.69, 9.17) is 9.52 Å². The Kier molecular flexibility index (Phi) is 3.05. The second-order valence-corrected chi connectivity index (χ2v) is 4.33. The van der Waals surface area contributed by atoms with Gasteiger partial charge in [-0.05, 0) is 18.6 Å². The SMILES string of the molecule is CCCc1nc(-c2ccco2)sc1C(=O)O. The number of carboxylic acids is 1. The number of nitrogens with zero attached hydrogens (tertiary/aromatic N) is 1. The zero-order valence-electron chi connectivity index (χ0n) is 8.77. The molecule has 0 spiro atoms. The summed E-state index contributed by atoms with van der Waals surface area (Å²) in [6.45, 7) is 2.00. The molecule has 0 fully saturated rings. The molecule has 0 aliphatic carbocycles. The molecule has 0 aromatic carbocycles. The number of thiazole rings is 1. The van der Waals surface area contributed by atoms with Crippen LogP contribution in [0.15, 0.2) is 22.8 Å². The minimum Gasteiger partial charge on any atom is -0.477 e. The molecule has 84 valence electrons. The van der Waals surface area contributed by atoms with Crippen LogP contribution in [0.5, 0.6) is 0 Å². The molecule has 1 N–H and O–H groups in total. The molecule has 0 amide bonds. The van der Waals surface area contributed by atoms with Crippen LogP contribution in [0.3, 0.4) is 0 Å². The van der Waals surface area contributed by atoms with Crippen molar-refractivity contribution < 1.29 is 14.3 Å². The Labute approximate surface area is 96.6 Å². The zero-order chi connectivity index (χ0) is 11.5. The maximum Gasteiger partial charge on any atom is 0.347 e. The van der Waals surface area contributed by atoms with E-state index in [2.05, 4.69) is 4.98 Å². The van der Waals surface area contributed by atoms with Crippen LogP contribution in [0.25, 0.3) is 10.8 Å². The number of hydrogen-bond acceptors (Lipinski definition) is 4. The van der Waals surface area contributed by atoms with Gasteiger partial charge in [-0.1, -0.05) is 13.3 Å². The maximum atomic E-state index is 11.0. The van der Waals surface area contributed by atoms with Gasteiger partial charge in [0.2, 0.25) is 0 Å². The van der Waals surface area contributed by atoms with E-state index in [9.17, 15) is 4.79 Å². The van der Waals surface area contributed by atoms with Crippen LogP contribution in [-0.4, -0.2) is 16.1 Å². The second-order valence-electron chi connectivity index (χ2n) is 3.33. The van der Waals surface area contributed by atoms with E-state index < -0.39 is 5.97 Å². The van der Waals surface area contributed by atoms with E-state index in [1.54, 1.807) is 18.4 Å². The molecular formula is C11H11NO3S. The number of furan rings is 1. The highest BCUT2D eigenvalue weighted by molar-refractivity contribution is 7.16. The minimum atomic E-state index is -0.918. The molecule has 0 saturated carbocycles. The van der Waals surface area contributed by atoms with Crippen molar-refractivity contribution in [1.82, 2.24) is 4.98 Å². The fourth-order valence-electron chi connectivity index (χ4n) is 1.43. The third-order valence-electron chi connectivity index (χ3n) is 2.11. The lowest BCUT2D eigenvalue weighted by atomic mass is 10.2. The van der Waals surface area contributed by atoms with Crippen LogP contribution in [-0.2, 0) is 6.42 Å². The number of hydrogen-bond donors (Lipinski definition) is 1. The van der Waals surface area contributed by atoms with Gasteiger partial charge in [0, 0.05) is 0 Å². The highest BCUT2D eigenvalue weighted by atomic mass is 32.1. The number of rotatable bonds is 4. The maximum absolute atomic E-state index is 11.0. The van der Waals surface area contributed by atoms with Gasteiger partial charge in [0.1, 0.15) is 4.88 Å². The third-order valence-corrected chi connectivity index (χ3v) is 3.21. The van der Waals surface area contributed by atoms with Crippen LogP contribution in [0.4, 0.5) is 0 Å². The molecule has 4 nitrogen and oxygen atoms in total. The van der Waals surface area contributed by atoms with E-state index in [1.165, 1.54) is 0 Å². The first kappa shape index (κ1) is 10.9. The highest BCUT2D eigenvalue weighted by Gasteiger charge is 2.18. The average Bonchev–Trinajstić information content (AvgIpc) is 2.83. The summed E-state index contributed by atoms with van der Waals surface area (Å²) >= 11 is 1.16. The summed E-state index contributed by atoms with van der Waals surface area (Å²) in [5, 5.41) is 9.67. The normalized spacial score (nSPS) is 10.6. The second kappa shape index (κ2) is 4.49. The summed E-state index contributed by atoms with van der Waals surface area (Å²) in [7, 11) is 0. The molecule has 0 aliphatic rings. The van der Waals surface area contributed by atoms with Crippen molar-refractivity contribution in [3.8, 4) is 10.8 Å². The summed E-state index contributed by atoms with van der Waals surface area (Å²) < 4.78 is 5.20. The molecule has 16 heavy (non-hydrogen) atoms. The molecule has 0 atom stereocenters. The molecule has 0 unspecified atom stereocenters. The fourth-order valence-corrected chi connectivity index (χ4v) is 2.35. The molecule has 0 bridgehead atoms. The lowest BCUT2D eigenvalue weighted by molar-refractivity contribution is 0.0700. The van der Waals surface area contributed by atoms with Gasteiger partial charge in [0.25, 0.3) is 0 Å². The van der Waals surface area contributed by atoms with Gasteiger partial charge in [-0.2, -0.15) is 0 Å². The Morgan fingerprint density at radius 3 is 3.00 bits per heavy atom. The number of aromatic nitrogens is 1. The monoisotopic (exact) mass is 237 g/mol. The van der Waals surface area contributed by atoms with E-state index in [0.717, 1.165) is 17.8 Å². The Morgan fingerprint density at radius 2 is 2.44 bits per heavy atom. The Hall–Kier alpha value is -1.62. The zero-order valence-corrected chi connectivity index (χ0v) is 9.58. The summed E-state index contributed by atoms with van der Waals surface area (Å²) in [5.41, 5.74) is 0.645. The molecule has 2 aromatic heterocycles. The topological polar surface area (TPSA) is 63.3 Å². The number of carbonyl (C=O) groups is 1. The van der Waals surface area contributed by atoms with Gasteiger partial charge < -0.3 is 9.52 Å². The largest absolute Gasteiger partial charge is 0.477 e. The Balaban J connectivity index is 2.42. The van der Waals surface area contributed by atoms with E-state index in [-0.39, 0.29) is 0 Å². The fraction of sp³-hybridized carbons (Fsp3) is 0.273. The Morgan fingerprint density at radius 1 is 1.62 bits per heavy atom. The number of carboxylic acid groups (broad SMARTS) is 1. The van der Waals surface area contributed by atoms with Crippen molar-refractivity contribution in [3.05, 3.63) is 29.0 Å². The van der Waals surface area contributed by atoms with E-state index in [1.807, 2.05) is 6.92 Å². The summed E-state index contributed by atoms with van der Waals surface area (Å²) in [4.78, 5) is 15.6. The standard InChI is InChI=1S/C11H11NO3S/c1-2-4-7-9(11(13)14)16-10(12-7)8-5-3-6-15-8/h3,5-6H,2,4H2,1H3,(H,13,14). The van der Waals surface area contributed by atoms with Gasteiger partial charge in [-0.3, -0.25) is 0 Å². The highest BCUT2D eigenvalue weighted by Crippen LogP contribution is 2.29. The van der Waals surface area contributed by atoms with E-state index in [0.29, 0.717) is 27.8 Å². The first-order chi connectivity index (χ1) is 7.72. The van der Waals surface area contributed by atoms with Crippen molar-refractivity contribution in [1.29, 1.82) is 0 Å². The molecule has 2 aromatic rings. The lowest BCUT2D eigenvalue weighted by Crippen LogP contribution is -1.98. The molecule has 2 heterocycles. The van der Waals surface area contributed by atoms with Crippen LogP contribution >= 0.6 is 11.3 Å². The van der Waals surface area contributed by atoms with Gasteiger partial charge >= 0.3 is 5.97 Å². The quantitative estimate of drug-likeness (QED) is 0.887. The molecule has 0 radical (unpaired) electrons. The molecule has 0 aliphatic heterocycles. The van der Waals surface area contributed by atoms with Crippen molar-refractivity contribution in [2.45, 2.75) is 19.8 Å². The van der Waals surface area contributed by atoms with E-state index >= 15 is 0 Å². The van der Waals surface area contributed by atoms with Crippen LogP contribution in [0.2, 0.25) is 0 Å². The van der Waals surface area contributed by atoms with Gasteiger partial charge in [0.05, 0.1) is 12.0 Å². The molecule has 0 saturated heterocycles. The van der Waals surface area contributed by atoms with Gasteiger partial charge in [0.15, 0.2) is 10.8 Å². The summed E-state index contributed by atoms with van der Waals surface area (Å²) in [5.74, 6) is -0.298. The summed E-state index contributed by atoms with van der Waals surface area (Å²) in [6.07, 6.45) is 3.11. The van der Waals surface area contributed by atoms with Crippen LogP contribution in [0, 0.1) is 0 Å². The van der Waals surface area contributed by atoms with Crippen molar-refractivity contribution in [2.75, 3.05) is 0 Å². The first-order valence-corrected chi connectivity index (χ1v) is 5.81. The molecular weight excluding hydrogens is 226 g/mol. The summed E-state index contributed by atoms with van der Waals surface area (Å²) in [6, 6.07) is 3.54. The number of aryl methyl sites for hydroxylation is 1. The van der Waals surface area contributed by atoms with Crippen LogP contribution in [0.1, 0.15) is 28.7 Å². The third kappa shape index (κ3) is 1.99. The molecule has 2 rings (SSSR count). The average molecular weight is 237 g/mol. The minimum absolute atomic E-state index is 0.313. The predicted octanol–water partition coefficient (Wildman–Crippen LogP) is 3.05. The van der Waals surface area contributed by atoms with Crippen molar-refractivity contribution >= 4 is 17.3 Å². The molecule has 5 heteroatoms. The van der Waals surface area contributed by atoms with Crippen molar-refractivity contribution in [2.24, 2.45) is 0 Å². The van der Waals surface area contributed by atoms with Gasteiger partial charge in [-0.25, -0.2) is 9.78 Å².